The summed E-state index contributed by atoms with van der Waals surface area (Å²) in [5, 5.41) is 16.7. The van der Waals surface area contributed by atoms with Crippen LogP contribution in [0.3, 0.4) is 0 Å². The molecule has 0 bridgehead atoms. The molecule has 180 valence electrons. The maximum Gasteiger partial charge on any atom is 0.303 e. The van der Waals surface area contributed by atoms with E-state index in [1.54, 1.807) is 0 Å². The molecule has 0 saturated carbocycles. The van der Waals surface area contributed by atoms with E-state index in [2.05, 4.69) is 48.6 Å². The molecule has 1 rings (SSSR count). The zero-order valence-corrected chi connectivity index (χ0v) is 21.9. The molecule has 4 nitrogen and oxygen atoms in total. The van der Waals surface area contributed by atoms with Gasteiger partial charge in [-0.1, -0.05) is 109 Å². The number of carboxylic acids is 2. The minimum Gasteiger partial charge on any atom is -0.481 e. The Morgan fingerprint density at radius 2 is 0.935 bits per heavy atom. The summed E-state index contributed by atoms with van der Waals surface area (Å²) in [7, 11) is 0. The highest BCUT2D eigenvalue weighted by Crippen LogP contribution is 2.08. The summed E-state index contributed by atoms with van der Waals surface area (Å²) in [6.07, 6.45) is 17.3. The van der Waals surface area contributed by atoms with Crippen molar-refractivity contribution < 1.29 is 19.8 Å². The Hall–Kier alpha value is -1.11. The maximum absolute atomic E-state index is 10.1. The smallest absolute Gasteiger partial charge is 0.303 e. The lowest BCUT2D eigenvalue weighted by atomic mass is 10.1. The summed E-state index contributed by atoms with van der Waals surface area (Å²) in [4.78, 5) is 20.3. The van der Waals surface area contributed by atoms with Crippen LogP contribution in [0, 0.1) is 3.57 Å². The Labute approximate surface area is 204 Å². The van der Waals surface area contributed by atoms with E-state index in [0.29, 0.717) is 12.8 Å². The summed E-state index contributed by atoms with van der Waals surface area (Å²) in [6.45, 7) is 4.40. The Balaban J connectivity index is 0. The third kappa shape index (κ3) is 33.7. The van der Waals surface area contributed by atoms with E-state index in [9.17, 15) is 9.59 Å². The first-order chi connectivity index (χ1) is 14.9. The average molecular weight is 549 g/mol. The Kier molecular flexibility index (Phi) is 27.9. The van der Waals surface area contributed by atoms with Gasteiger partial charge in [0.1, 0.15) is 0 Å². The molecule has 0 aliphatic carbocycles. The molecule has 31 heavy (non-hydrogen) atoms. The molecule has 0 aromatic heterocycles. The monoisotopic (exact) mass is 548 g/mol. The standard InChI is InChI=1S/2C10H20O2.C6H5I/c2*1-2-3-4-5-6-7-8-9-10(11)12;7-6-4-2-1-3-5-6/h2*2-9H2,1H3,(H,11,12);1-5H. The molecule has 1 aromatic carbocycles. The van der Waals surface area contributed by atoms with Crippen LogP contribution in [-0.4, -0.2) is 22.2 Å². The van der Waals surface area contributed by atoms with Gasteiger partial charge in [-0.25, -0.2) is 0 Å². The molecule has 0 unspecified atom stereocenters. The summed E-state index contributed by atoms with van der Waals surface area (Å²) < 4.78 is 1.29. The van der Waals surface area contributed by atoms with Crippen molar-refractivity contribution in [1.82, 2.24) is 0 Å². The lowest BCUT2D eigenvalue weighted by molar-refractivity contribution is -0.138. The number of carboxylic acid groups (broad SMARTS) is 2. The molecule has 0 spiro atoms. The predicted octanol–water partition coefficient (Wildman–Crippen LogP) is 8.71. The van der Waals surface area contributed by atoms with Crippen molar-refractivity contribution in [2.75, 3.05) is 0 Å². The van der Waals surface area contributed by atoms with Crippen LogP contribution >= 0.6 is 22.6 Å². The van der Waals surface area contributed by atoms with Crippen molar-refractivity contribution in [1.29, 1.82) is 0 Å². The van der Waals surface area contributed by atoms with Crippen LogP contribution in [0.1, 0.15) is 117 Å². The van der Waals surface area contributed by atoms with E-state index in [1.165, 1.54) is 67.8 Å². The van der Waals surface area contributed by atoms with Gasteiger partial charge in [0.25, 0.3) is 0 Å². The highest BCUT2D eigenvalue weighted by molar-refractivity contribution is 14.1. The molecule has 0 aliphatic heterocycles. The fourth-order valence-corrected chi connectivity index (χ4v) is 3.30. The molecule has 0 amide bonds. The van der Waals surface area contributed by atoms with E-state index in [0.717, 1.165) is 25.7 Å². The first kappa shape index (κ1) is 32.1. The molecule has 0 saturated heterocycles. The number of unbranched alkanes of at least 4 members (excludes halogenated alkanes) is 12. The van der Waals surface area contributed by atoms with E-state index in [-0.39, 0.29) is 0 Å². The van der Waals surface area contributed by atoms with Gasteiger partial charge in [-0.05, 0) is 47.6 Å². The highest BCUT2D eigenvalue weighted by Gasteiger charge is 1.96. The van der Waals surface area contributed by atoms with Crippen LogP contribution in [0.2, 0.25) is 0 Å². The molecule has 0 radical (unpaired) electrons. The molecule has 0 fully saturated rings. The lowest BCUT2D eigenvalue weighted by Crippen LogP contribution is -1.93. The summed E-state index contributed by atoms with van der Waals surface area (Å²) >= 11 is 2.28. The van der Waals surface area contributed by atoms with Crippen LogP contribution in [-0.2, 0) is 9.59 Å². The zero-order valence-electron chi connectivity index (χ0n) is 19.8. The second-order valence-corrected chi connectivity index (χ2v) is 9.07. The Morgan fingerprint density at radius 3 is 1.19 bits per heavy atom. The van der Waals surface area contributed by atoms with Crippen LogP contribution in [0.25, 0.3) is 0 Å². The van der Waals surface area contributed by atoms with Crippen molar-refractivity contribution in [2.24, 2.45) is 0 Å². The minimum atomic E-state index is -0.663. The van der Waals surface area contributed by atoms with Crippen LogP contribution in [0.5, 0.6) is 0 Å². The zero-order chi connectivity index (χ0) is 23.6. The van der Waals surface area contributed by atoms with Gasteiger partial charge in [-0.3, -0.25) is 9.59 Å². The number of aliphatic carboxylic acids is 2. The molecule has 0 atom stereocenters. The fourth-order valence-electron chi connectivity index (χ4n) is 2.88. The van der Waals surface area contributed by atoms with Gasteiger partial charge in [-0.2, -0.15) is 0 Å². The average Bonchev–Trinajstić information content (AvgIpc) is 2.73. The van der Waals surface area contributed by atoms with Gasteiger partial charge in [0, 0.05) is 16.4 Å². The van der Waals surface area contributed by atoms with E-state index < -0.39 is 11.9 Å². The van der Waals surface area contributed by atoms with Crippen LogP contribution in [0.15, 0.2) is 30.3 Å². The van der Waals surface area contributed by atoms with Gasteiger partial charge >= 0.3 is 11.9 Å². The number of hydrogen-bond donors (Lipinski definition) is 2. The van der Waals surface area contributed by atoms with Gasteiger partial charge < -0.3 is 10.2 Å². The molecule has 0 aliphatic rings. The second kappa shape index (κ2) is 26.9. The Bertz CT molecular complexity index is 477. The van der Waals surface area contributed by atoms with Crippen molar-refractivity contribution in [3.05, 3.63) is 33.9 Å². The van der Waals surface area contributed by atoms with Crippen molar-refractivity contribution in [3.63, 3.8) is 0 Å². The SMILES string of the molecule is CCCCCCCCCC(=O)O.CCCCCCCCCC(=O)O.Ic1ccccc1. The first-order valence-electron chi connectivity index (χ1n) is 12.1. The number of halogens is 1. The summed E-state index contributed by atoms with van der Waals surface area (Å²) in [6, 6.07) is 10.2. The normalized spacial score (nSPS) is 9.77. The molecular weight excluding hydrogens is 503 g/mol. The fraction of sp³-hybridized carbons (Fsp3) is 0.692. The Morgan fingerprint density at radius 1 is 0.613 bits per heavy atom. The molecule has 1 aromatic rings. The third-order valence-corrected chi connectivity index (χ3v) is 5.44. The number of benzene rings is 1. The second-order valence-electron chi connectivity index (χ2n) is 7.83. The van der Waals surface area contributed by atoms with Crippen molar-refractivity contribution >= 4 is 34.5 Å². The quantitative estimate of drug-likeness (QED) is 0.160. The number of carbonyl (C=O) groups is 2. The van der Waals surface area contributed by atoms with E-state index in [4.69, 9.17) is 10.2 Å². The lowest BCUT2D eigenvalue weighted by Gasteiger charge is -1.98. The van der Waals surface area contributed by atoms with Crippen LogP contribution < -0.4 is 0 Å². The highest BCUT2D eigenvalue weighted by atomic mass is 127. The predicted molar refractivity (Wildman–Crippen MR) is 140 cm³/mol. The molecule has 0 heterocycles. The summed E-state index contributed by atoms with van der Waals surface area (Å²) in [5.74, 6) is -1.33. The molecular formula is C26H45IO4. The van der Waals surface area contributed by atoms with Crippen molar-refractivity contribution in [2.45, 2.75) is 117 Å². The molecule has 2 N–H and O–H groups in total. The summed E-state index contributed by atoms with van der Waals surface area (Å²) in [5.41, 5.74) is 0. The first-order valence-corrected chi connectivity index (χ1v) is 13.2. The largest absolute Gasteiger partial charge is 0.481 e. The van der Waals surface area contributed by atoms with E-state index in [1.807, 2.05) is 18.2 Å². The van der Waals surface area contributed by atoms with E-state index >= 15 is 0 Å². The van der Waals surface area contributed by atoms with Gasteiger partial charge in [0.05, 0.1) is 0 Å². The molecule has 5 heteroatoms. The van der Waals surface area contributed by atoms with Gasteiger partial charge in [0.2, 0.25) is 0 Å². The third-order valence-electron chi connectivity index (χ3n) is 4.72. The maximum atomic E-state index is 10.1. The number of rotatable bonds is 16. The van der Waals surface area contributed by atoms with Crippen molar-refractivity contribution in [3.8, 4) is 0 Å². The van der Waals surface area contributed by atoms with Gasteiger partial charge in [-0.15, -0.1) is 0 Å². The van der Waals surface area contributed by atoms with Gasteiger partial charge in [0.15, 0.2) is 0 Å². The topological polar surface area (TPSA) is 74.6 Å². The van der Waals surface area contributed by atoms with Crippen LogP contribution in [0.4, 0.5) is 0 Å². The number of hydrogen-bond acceptors (Lipinski definition) is 2. The minimum absolute atomic E-state index is 0.341.